The van der Waals surface area contributed by atoms with E-state index in [1.165, 1.54) is 5.56 Å². The van der Waals surface area contributed by atoms with Gasteiger partial charge in [0, 0.05) is 24.8 Å². The van der Waals surface area contributed by atoms with Gasteiger partial charge in [-0.05, 0) is 31.9 Å². The van der Waals surface area contributed by atoms with E-state index in [0.29, 0.717) is 17.9 Å². The van der Waals surface area contributed by atoms with E-state index in [-0.39, 0.29) is 0 Å². The highest BCUT2D eigenvalue weighted by molar-refractivity contribution is 5.44. The largest absolute Gasteiger partial charge is 0.381 e. The average molecular weight is 246 g/mol. The molecule has 0 saturated carbocycles. The number of hydrogen-bond donors (Lipinski definition) is 1. The molecule has 0 aromatic carbocycles. The summed E-state index contributed by atoms with van der Waals surface area (Å²) in [5.41, 5.74) is 2.05. The first-order valence-electron chi connectivity index (χ1n) is 6.40. The molecular formula is C13H18N4O. The van der Waals surface area contributed by atoms with E-state index in [2.05, 4.69) is 22.3 Å². The SMILES string of the molecule is Cc1ccc2nc(NC(C)C3CCOC3)nn2c1. The van der Waals surface area contributed by atoms with E-state index < -0.39 is 0 Å². The van der Waals surface area contributed by atoms with E-state index in [9.17, 15) is 0 Å². The lowest BCUT2D eigenvalue weighted by Crippen LogP contribution is -2.26. The number of fused-ring (bicyclic) bond motifs is 1. The Kier molecular flexibility index (Phi) is 2.91. The summed E-state index contributed by atoms with van der Waals surface area (Å²) in [5.74, 6) is 1.25. The summed E-state index contributed by atoms with van der Waals surface area (Å²) in [6.45, 7) is 5.91. The van der Waals surface area contributed by atoms with Crippen LogP contribution in [0.15, 0.2) is 18.3 Å². The smallest absolute Gasteiger partial charge is 0.243 e. The summed E-state index contributed by atoms with van der Waals surface area (Å²) in [4.78, 5) is 4.47. The molecule has 96 valence electrons. The Balaban J connectivity index is 1.77. The summed E-state index contributed by atoms with van der Waals surface area (Å²) in [7, 11) is 0. The molecule has 1 fully saturated rings. The molecule has 0 bridgehead atoms. The molecule has 2 aromatic rings. The Morgan fingerprint density at radius 3 is 3.17 bits per heavy atom. The molecule has 5 heteroatoms. The molecule has 3 heterocycles. The van der Waals surface area contributed by atoms with Crippen LogP contribution in [-0.2, 0) is 4.74 Å². The molecule has 5 nitrogen and oxygen atoms in total. The fourth-order valence-electron chi connectivity index (χ4n) is 2.32. The molecule has 3 rings (SSSR count). The van der Waals surface area contributed by atoms with Gasteiger partial charge in [-0.3, -0.25) is 0 Å². The Morgan fingerprint density at radius 1 is 1.50 bits per heavy atom. The molecule has 2 atom stereocenters. The lowest BCUT2D eigenvalue weighted by molar-refractivity contribution is 0.183. The molecule has 2 aromatic heterocycles. The highest BCUT2D eigenvalue weighted by Gasteiger charge is 2.23. The highest BCUT2D eigenvalue weighted by atomic mass is 16.5. The zero-order valence-corrected chi connectivity index (χ0v) is 10.8. The van der Waals surface area contributed by atoms with Crippen LogP contribution >= 0.6 is 0 Å². The molecule has 1 N–H and O–H groups in total. The molecule has 2 unspecified atom stereocenters. The molecular weight excluding hydrogens is 228 g/mol. The Labute approximate surface area is 106 Å². The standard InChI is InChI=1S/C13H18N4O/c1-9-3-4-12-15-13(16-17(12)7-9)14-10(2)11-5-6-18-8-11/h3-4,7,10-11H,5-6,8H2,1-2H3,(H,14,16). The zero-order valence-electron chi connectivity index (χ0n) is 10.8. The van der Waals surface area contributed by atoms with Crippen molar-refractivity contribution in [2.45, 2.75) is 26.3 Å². The van der Waals surface area contributed by atoms with Crippen molar-refractivity contribution in [3.63, 3.8) is 0 Å². The summed E-state index contributed by atoms with van der Waals surface area (Å²) in [6, 6.07) is 4.37. The summed E-state index contributed by atoms with van der Waals surface area (Å²) in [5, 5.41) is 7.81. The molecule has 18 heavy (non-hydrogen) atoms. The predicted molar refractivity (Wildman–Crippen MR) is 69.7 cm³/mol. The van der Waals surface area contributed by atoms with Crippen molar-refractivity contribution in [3.8, 4) is 0 Å². The number of pyridine rings is 1. The van der Waals surface area contributed by atoms with Gasteiger partial charge in [0.1, 0.15) is 0 Å². The minimum atomic E-state index is 0.339. The second-order valence-corrected chi connectivity index (χ2v) is 5.00. The lowest BCUT2D eigenvalue weighted by Gasteiger charge is -2.17. The van der Waals surface area contributed by atoms with E-state index in [1.54, 1.807) is 0 Å². The Bertz CT molecular complexity index is 545. The Morgan fingerprint density at radius 2 is 2.39 bits per heavy atom. The number of nitrogens with one attached hydrogen (secondary N) is 1. The summed E-state index contributed by atoms with van der Waals surface area (Å²) >= 11 is 0. The van der Waals surface area contributed by atoms with Crippen LogP contribution in [0.3, 0.4) is 0 Å². The number of hydrogen-bond acceptors (Lipinski definition) is 4. The lowest BCUT2D eigenvalue weighted by atomic mass is 10.0. The van der Waals surface area contributed by atoms with Crippen LogP contribution in [0, 0.1) is 12.8 Å². The first-order valence-corrected chi connectivity index (χ1v) is 6.40. The highest BCUT2D eigenvalue weighted by Crippen LogP contribution is 2.19. The van der Waals surface area contributed by atoms with E-state index in [1.807, 2.05) is 29.8 Å². The minimum Gasteiger partial charge on any atom is -0.381 e. The summed E-state index contributed by atoms with van der Waals surface area (Å²) < 4.78 is 7.22. The number of aryl methyl sites for hydroxylation is 1. The quantitative estimate of drug-likeness (QED) is 0.898. The van der Waals surface area contributed by atoms with Crippen molar-refractivity contribution < 1.29 is 4.74 Å². The maximum absolute atomic E-state index is 5.40. The van der Waals surface area contributed by atoms with Crippen molar-refractivity contribution in [3.05, 3.63) is 23.9 Å². The third-order valence-electron chi connectivity index (χ3n) is 3.51. The van der Waals surface area contributed by atoms with Crippen molar-refractivity contribution in [2.75, 3.05) is 18.5 Å². The molecule has 1 aliphatic rings. The van der Waals surface area contributed by atoms with Gasteiger partial charge >= 0.3 is 0 Å². The number of ether oxygens (including phenoxy) is 1. The van der Waals surface area contributed by atoms with Gasteiger partial charge in [-0.1, -0.05) is 6.07 Å². The normalized spacial score (nSPS) is 21.3. The van der Waals surface area contributed by atoms with Gasteiger partial charge in [-0.15, -0.1) is 5.10 Å². The Hall–Kier alpha value is -1.62. The van der Waals surface area contributed by atoms with Crippen LogP contribution in [0.4, 0.5) is 5.95 Å². The number of rotatable bonds is 3. The fourth-order valence-corrected chi connectivity index (χ4v) is 2.32. The monoisotopic (exact) mass is 246 g/mol. The molecule has 0 aliphatic carbocycles. The molecule has 1 aliphatic heterocycles. The van der Waals surface area contributed by atoms with Crippen LogP contribution in [-0.4, -0.2) is 33.9 Å². The van der Waals surface area contributed by atoms with Crippen LogP contribution in [0.1, 0.15) is 18.9 Å². The van der Waals surface area contributed by atoms with Gasteiger partial charge in [0.15, 0.2) is 5.65 Å². The fraction of sp³-hybridized carbons (Fsp3) is 0.538. The number of nitrogens with zero attached hydrogens (tertiary/aromatic N) is 3. The van der Waals surface area contributed by atoms with Gasteiger partial charge in [0.2, 0.25) is 5.95 Å². The van der Waals surface area contributed by atoms with Gasteiger partial charge in [-0.2, -0.15) is 4.98 Å². The maximum atomic E-state index is 5.40. The third-order valence-corrected chi connectivity index (χ3v) is 3.51. The van der Waals surface area contributed by atoms with E-state index >= 15 is 0 Å². The van der Waals surface area contributed by atoms with E-state index in [0.717, 1.165) is 25.3 Å². The molecule has 1 saturated heterocycles. The van der Waals surface area contributed by atoms with Gasteiger partial charge < -0.3 is 10.1 Å². The first kappa shape index (κ1) is 11.5. The third kappa shape index (κ3) is 2.18. The van der Waals surface area contributed by atoms with Crippen molar-refractivity contribution in [1.82, 2.24) is 14.6 Å². The molecule has 0 amide bonds. The predicted octanol–water partition coefficient (Wildman–Crippen LogP) is 1.87. The van der Waals surface area contributed by atoms with Crippen LogP contribution < -0.4 is 5.32 Å². The second-order valence-electron chi connectivity index (χ2n) is 5.00. The average Bonchev–Trinajstić information content (AvgIpc) is 2.95. The maximum Gasteiger partial charge on any atom is 0.243 e. The van der Waals surface area contributed by atoms with E-state index in [4.69, 9.17) is 4.74 Å². The zero-order chi connectivity index (χ0) is 12.5. The van der Waals surface area contributed by atoms with Crippen molar-refractivity contribution in [2.24, 2.45) is 5.92 Å². The van der Waals surface area contributed by atoms with Gasteiger partial charge in [0.05, 0.1) is 6.61 Å². The number of anilines is 1. The minimum absolute atomic E-state index is 0.339. The first-order chi connectivity index (χ1) is 8.72. The van der Waals surface area contributed by atoms with Gasteiger partial charge in [0.25, 0.3) is 0 Å². The molecule has 0 spiro atoms. The van der Waals surface area contributed by atoms with Crippen molar-refractivity contribution in [1.29, 1.82) is 0 Å². The van der Waals surface area contributed by atoms with Gasteiger partial charge in [-0.25, -0.2) is 4.52 Å². The topological polar surface area (TPSA) is 51.5 Å². The van der Waals surface area contributed by atoms with Crippen LogP contribution in [0.5, 0.6) is 0 Å². The summed E-state index contributed by atoms with van der Waals surface area (Å²) in [6.07, 6.45) is 3.09. The molecule has 0 radical (unpaired) electrons. The number of aromatic nitrogens is 3. The second kappa shape index (κ2) is 4.57. The van der Waals surface area contributed by atoms with Crippen LogP contribution in [0.25, 0.3) is 5.65 Å². The van der Waals surface area contributed by atoms with Crippen LogP contribution in [0.2, 0.25) is 0 Å². The van der Waals surface area contributed by atoms with Crippen molar-refractivity contribution >= 4 is 11.6 Å².